The molecule has 1 heterocycles. The number of fused-ring (bicyclic) bond motifs is 1. The number of benzene rings is 1. The van der Waals surface area contributed by atoms with Crippen LogP contribution in [-0.2, 0) is 16.1 Å². The van der Waals surface area contributed by atoms with Crippen LogP contribution in [0.25, 0.3) is 0 Å². The first-order valence-corrected chi connectivity index (χ1v) is 11.5. The average Bonchev–Trinajstić information content (AvgIpc) is 3.46. The first-order chi connectivity index (χ1) is 14.6. The third-order valence-electron chi connectivity index (χ3n) is 6.76. The lowest BCUT2D eigenvalue weighted by Crippen LogP contribution is -2.50. The molecule has 1 N–H and O–H groups in total. The molecule has 6 nitrogen and oxygen atoms in total. The number of methoxy groups -OCH3 is 1. The van der Waals surface area contributed by atoms with E-state index in [9.17, 15) is 4.79 Å². The number of likely N-dealkylation sites (tertiary alicyclic amines) is 1. The Kier molecular flexibility index (Phi) is 6.84. The Labute approximate surface area is 180 Å². The maximum absolute atomic E-state index is 11.7. The normalized spacial score (nSPS) is 28.8. The summed E-state index contributed by atoms with van der Waals surface area (Å²) in [6.07, 6.45) is 4.81. The fraction of sp³-hybridized carbons (Fsp3) is 0.708. The second-order valence-electron chi connectivity index (χ2n) is 9.23. The average molecular weight is 417 g/mol. The van der Waals surface area contributed by atoms with E-state index in [1.54, 1.807) is 14.0 Å². The monoisotopic (exact) mass is 416 g/mol. The molecule has 0 spiro atoms. The largest absolute Gasteiger partial charge is 0.493 e. The van der Waals surface area contributed by atoms with Gasteiger partial charge in [0.2, 0.25) is 5.91 Å². The van der Waals surface area contributed by atoms with Gasteiger partial charge in [0.05, 0.1) is 25.9 Å². The SMILES string of the molecule is CCOc1ccc(CN2C[C@H]3C[C@@H](NC(C)=O)[C@H](OCC4CC4)C[C@H]3C2)cc1OC. The first kappa shape index (κ1) is 21.4. The van der Waals surface area contributed by atoms with Gasteiger partial charge in [-0.25, -0.2) is 0 Å². The highest BCUT2D eigenvalue weighted by molar-refractivity contribution is 5.73. The summed E-state index contributed by atoms with van der Waals surface area (Å²) in [6.45, 7) is 8.16. The van der Waals surface area contributed by atoms with Crippen molar-refractivity contribution in [2.75, 3.05) is 33.4 Å². The molecule has 166 valence electrons. The Balaban J connectivity index is 1.37. The van der Waals surface area contributed by atoms with Crippen molar-refractivity contribution in [1.29, 1.82) is 0 Å². The van der Waals surface area contributed by atoms with E-state index < -0.39 is 0 Å². The van der Waals surface area contributed by atoms with Crippen molar-refractivity contribution in [2.45, 2.75) is 58.2 Å². The molecule has 2 aliphatic carbocycles. The predicted octanol–water partition coefficient (Wildman–Crippen LogP) is 3.24. The van der Waals surface area contributed by atoms with E-state index in [4.69, 9.17) is 14.2 Å². The van der Waals surface area contributed by atoms with E-state index in [1.165, 1.54) is 18.4 Å². The maximum Gasteiger partial charge on any atom is 0.217 e. The van der Waals surface area contributed by atoms with Crippen LogP contribution in [0.3, 0.4) is 0 Å². The molecule has 4 rings (SSSR count). The van der Waals surface area contributed by atoms with Gasteiger partial charge in [0.1, 0.15) is 0 Å². The molecule has 0 unspecified atom stereocenters. The van der Waals surface area contributed by atoms with E-state index in [0.717, 1.165) is 56.5 Å². The van der Waals surface area contributed by atoms with Gasteiger partial charge in [0.25, 0.3) is 0 Å². The Hall–Kier alpha value is -1.79. The van der Waals surface area contributed by atoms with Crippen LogP contribution in [0.2, 0.25) is 0 Å². The predicted molar refractivity (Wildman–Crippen MR) is 116 cm³/mol. The van der Waals surface area contributed by atoms with Crippen LogP contribution in [0.5, 0.6) is 11.5 Å². The van der Waals surface area contributed by atoms with Crippen molar-refractivity contribution >= 4 is 5.91 Å². The number of nitrogens with zero attached hydrogens (tertiary/aromatic N) is 1. The second-order valence-corrected chi connectivity index (χ2v) is 9.23. The van der Waals surface area contributed by atoms with Gasteiger partial charge >= 0.3 is 0 Å². The lowest BCUT2D eigenvalue weighted by atomic mass is 9.77. The van der Waals surface area contributed by atoms with Crippen LogP contribution >= 0.6 is 0 Å². The smallest absolute Gasteiger partial charge is 0.217 e. The van der Waals surface area contributed by atoms with Crippen LogP contribution in [0.4, 0.5) is 0 Å². The zero-order valence-electron chi connectivity index (χ0n) is 18.6. The second kappa shape index (κ2) is 9.56. The topological polar surface area (TPSA) is 60.0 Å². The Morgan fingerprint density at radius 2 is 1.93 bits per heavy atom. The molecule has 4 atom stereocenters. The Bertz CT molecular complexity index is 736. The summed E-state index contributed by atoms with van der Waals surface area (Å²) < 4.78 is 17.4. The van der Waals surface area contributed by atoms with Crippen molar-refractivity contribution in [1.82, 2.24) is 10.2 Å². The number of carbonyl (C=O) groups is 1. The molecule has 1 aromatic carbocycles. The van der Waals surface area contributed by atoms with Crippen LogP contribution in [0, 0.1) is 17.8 Å². The molecule has 6 heteroatoms. The summed E-state index contributed by atoms with van der Waals surface area (Å²) in [5.41, 5.74) is 1.24. The molecule has 0 aromatic heterocycles. The number of carbonyl (C=O) groups excluding carboxylic acids is 1. The van der Waals surface area contributed by atoms with Crippen LogP contribution in [0.15, 0.2) is 18.2 Å². The molecule has 3 fully saturated rings. The summed E-state index contributed by atoms with van der Waals surface area (Å²) in [7, 11) is 1.69. The highest BCUT2D eigenvalue weighted by atomic mass is 16.5. The number of nitrogens with one attached hydrogen (secondary N) is 1. The van der Waals surface area contributed by atoms with Crippen molar-refractivity contribution in [2.24, 2.45) is 17.8 Å². The van der Waals surface area contributed by atoms with Gasteiger partial charge in [-0.3, -0.25) is 9.69 Å². The van der Waals surface area contributed by atoms with Gasteiger partial charge in [0.15, 0.2) is 11.5 Å². The van der Waals surface area contributed by atoms with Crippen molar-refractivity contribution in [3.63, 3.8) is 0 Å². The molecule has 1 aromatic rings. The minimum atomic E-state index is 0.0507. The highest BCUT2D eigenvalue weighted by Gasteiger charge is 2.43. The highest BCUT2D eigenvalue weighted by Crippen LogP contribution is 2.39. The Morgan fingerprint density at radius 3 is 2.60 bits per heavy atom. The number of hydrogen-bond donors (Lipinski definition) is 1. The van der Waals surface area contributed by atoms with Gasteiger partial charge < -0.3 is 19.5 Å². The van der Waals surface area contributed by atoms with Crippen molar-refractivity contribution in [3.8, 4) is 11.5 Å². The number of hydrogen-bond acceptors (Lipinski definition) is 5. The molecular weight excluding hydrogens is 380 g/mol. The molecule has 30 heavy (non-hydrogen) atoms. The Morgan fingerprint density at radius 1 is 1.17 bits per heavy atom. The van der Waals surface area contributed by atoms with Crippen LogP contribution in [0.1, 0.15) is 45.1 Å². The number of amides is 1. The third kappa shape index (κ3) is 5.27. The molecule has 1 saturated heterocycles. The van der Waals surface area contributed by atoms with E-state index in [2.05, 4.69) is 22.3 Å². The third-order valence-corrected chi connectivity index (χ3v) is 6.76. The number of ether oxygens (including phenoxy) is 3. The van der Waals surface area contributed by atoms with Gasteiger partial charge in [-0.05, 0) is 68.1 Å². The lowest BCUT2D eigenvalue weighted by Gasteiger charge is -2.38. The van der Waals surface area contributed by atoms with Crippen LogP contribution in [-0.4, -0.2) is 56.4 Å². The van der Waals surface area contributed by atoms with Gasteiger partial charge in [-0.1, -0.05) is 6.07 Å². The summed E-state index contributed by atoms with van der Waals surface area (Å²) in [6, 6.07) is 6.38. The van der Waals surface area contributed by atoms with Gasteiger partial charge in [-0.2, -0.15) is 0 Å². The van der Waals surface area contributed by atoms with E-state index >= 15 is 0 Å². The summed E-state index contributed by atoms with van der Waals surface area (Å²) in [5.74, 6) is 3.65. The van der Waals surface area contributed by atoms with E-state index in [0.29, 0.717) is 18.4 Å². The molecule has 0 radical (unpaired) electrons. The first-order valence-electron chi connectivity index (χ1n) is 11.5. The molecular formula is C24H36N2O4. The van der Waals surface area contributed by atoms with Crippen molar-refractivity contribution in [3.05, 3.63) is 23.8 Å². The van der Waals surface area contributed by atoms with Crippen molar-refractivity contribution < 1.29 is 19.0 Å². The maximum atomic E-state index is 11.7. The van der Waals surface area contributed by atoms with E-state index in [1.807, 2.05) is 13.0 Å². The zero-order chi connectivity index (χ0) is 21.1. The van der Waals surface area contributed by atoms with Gasteiger partial charge in [-0.15, -0.1) is 0 Å². The molecule has 1 amide bonds. The zero-order valence-corrected chi connectivity index (χ0v) is 18.6. The van der Waals surface area contributed by atoms with Crippen LogP contribution < -0.4 is 14.8 Å². The fourth-order valence-corrected chi connectivity index (χ4v) is 5.12. The molecule has 2 saturated carbocycles. The molecule has 1 aliphatic heterocycles. The van der Waals surface area contributed by atoms with Gasteiger partial charge in [0, 0.05) is 33.2 Å². The lowest BCUT2D eigenvalue weighted by molar-refractivity contribution is -0.122. The molecule has 3 aliphatic rings. The minimum Gasteiger partial charge on any atom is -0.493 e. The standard InChI is InChI=1S/C24H36N2O4/c1-4-29-22-8-7-18(9-24(22)28-3)12-26-13-19-10-21(25-16(2)27)23(11-20(19)14-26)30-15-17-5-6-17/h7-9,17,19-21,23H,4-6,10-15H2,1-3H3,(H,25,27)/t19-,20+,21-,23-/m1/s1. The summed E-state index contributed by atoms with van der Waals surface area (Å²) in [4.78, 5) is 14.3. The molecule has 0 bridgehead atoms. The summed E-state index contributed by atoms with van der Waals surface area (Å²) >= 11 is 0. The van der Waals surface area contributed by atoms with E-state index in [-0.39, 0.29) is 18.1 Å². The quantitative estimate of drug-likeness (QED) is 0.670. The minimum absolute atomic E-state index is 0.0507. The summed E-state index contributed by atoms with van der Waals surface area (Å²) in [5, 5.41) is 3.17. The fourth-order valence-electron chi connectivity index (χ4n) is 5.12. The number of rotatable bonds is 9.